The molecule has 1 N–H and O–H groups in total. The Hall–Kier alpha value is -0.570. The second-order valence-corrected chi connectivity index (χ2v) is 12.1. The number of hydrogen-bond donors (Lipinski definition) is 1. The van der Waals surface area contributed by atoms with Gasteiger partial charge in [-0.05, 0) is 63.1 Å². The van der Waals surface area contributed by atoms with Gasteiger partial charge in [0.2, 0.25) is 0 Å². The third-order valence-electron chi connectivity index (χ3n) is 6.76. The van der Waals surface area contributed by atoms with Crippen molar-refractivity contribution in [2.45, 2.75) is 164 Å². The molecule has 0 saturated carbocycles. The molecule has 0 aliphatic carbocycles. The average Bonchev–Trinajstić information content (AvgIpc) is 2.77. The van der Waals surface area contributed by atoms with Crippen LogP contribution >= 0.6 is 0 Å². The Labute approximate surface area is 222 Å². The normalized spacial score (nSPS) is 11.5. The number of carbonyl (C=O) groups is 1. The molecule has 0 rings (SSSR count). The highest BCUT2D eigenvalue weighted by Gasteiger charge is 2.06. The second-order valence-electron chi connectivity index (χ2n) is 12.1. The molecular formula is C32H67NO2. The van der Waals surface area contributed by atoms with Crippen LogP contribution in [0.5, 0.6) is 0 Å². The molecule has 0 atom stereocenters. The molecule has 3 heteroatoms. The summed E-state index contributed by atoms with van der Waals surface area (Å²) in [6, 6.07) is 0. The van der Waals surface area contributed by atoms with Crippen LogP contribution in [0, 0.1) is 17.8 Å². The van der Waals surface area contributed by atoms with Crippen LogP contribution < -0.4 is 0 Å². The molecule has 0 aliphatic rings. The van der Waals surface area contributed by atoms with Crippen LogP contribution in [-0.2, 0) is 4.79 Å². The van der Waals surface area contributed by atoms with Gasteiger partial charge in [0.05, 0.1) is 0 Å². The molecule has 0 heterocycles. The van der Waals surface area contributed by atoms with Crippen molar-refractivity contribution in [2.24, 2.45) is 17.8 Å². The first-order chi connectivity index (χ1) is 16.7. The Balaban J connectivity index is 0. The van der Waals surface area contributed by atoms with E-state index in [1.54, 1.807) is 0 Å². The summed E-state index contributed by atoms with van der Waals surface area (Å²) in [5.74, 6) is 1.95. The summed E-state index contributed by atoms with van der Waals surface area (Å²) >= 11 is 0. The Morgan fingerprint density at radius 1 is 0.543 bits per heavy atom. The van der Waals surface area contributed by atoms with Gasteiger partial charge in [-0.3, -0.25) is 4.79 Å². The van der Waals surface area contributed by atoms with Gasteiger partial charge >= 0.3 is 5.97 Å². The van der Waals surface area contributed by atoms with Gasteiger partial charge in [0.15, 0.2) is 0 Å². The molecule has 212 valence electrons. The van der Waals surface area contributed by atoms with Crippen molar-refractivity contribution in [1.29, 1.82) is 0 Å². The van der Waals surface area contributed by atoms with Crippen LogP contribution in [0.3, 0.4) is 0 Å². The molecule has 0 unspecified atom stereocenters. The van der Waals surface area contributed by atoms with E-state index >= 15 is 0 Å². The summed E-state index contributed by atoms with van der Waals surface area (Å²) in [4.78, 5) is 12.8. The predicted octanol–water partition coefficient (Wildman–Crippen LogP) is 10.4. The summed E-state index contributed by atoms with van der Waals surface area (Å²) in [6.07, 6.45) is 22.9. The van der Waals surface area contributed by atoms with Crippen molar-refractivity contribution in [3.8, 4) is 0 Å². The first-order valence-electron chi connectivity index (χ1n) is 15.6. The molecule has 0 saturated heterocycles. The monoisotopic (exact) mass is 498 g/mol. The van der Waals surface area contributed by atoms with E-state index in [9.17, 15) is 4.79 Å². The van der Waals surface area contributed by atoms with Crippen molar-refractivity contribution in [2.75, 3.05) is 19.6 Å². The number of aliphatic carboxylic acids is 1. The molecule has 3 nitrogen and oxygen atoms in total. The van der Waals surface area contributed by atoms with E-state index in [-0.39, 0.29) is 0 Å². The zero-order valence-corrected chi connectivity index (χ0v) is 25.4. The molecule has 0 bridgehead atoms. The fourth-order valence-electron chi connectivity index (χ4n) is 4.41. The maximum atomic E-state index is 10.0. The lowest BCUT2D eigenvalue weighted by Crippen LogP contribution is -2.27. The van der Waals surface area contributed by atoms with Gasteiger partial charge < -0.3 is 10.0 Å². The van der Waals surface area contributed by atoms with Crippen molar-refractivity contribution >= 4 is 5.97 Å². The molecule has 0 spiro atoms. The van der Waals surface area contributed by atoms with Gasteiger partial charge in [0.25, 0.3) is 0 Å². The van der Waals surface area contributed by atoms with Crippen LogP contribution in [-0.4, -0.2) is 35.6 Å². The van der Waals surface area contributed by atoms with Crippen molar-refractivity contribution in [3.63, 3.8) is 0 Å². The van der Waals surface area contributed by atoms with E-state index in [0.717, 1.165) is 30.6 Å². The quantitative estimate of drug-likeness (QED) is 0.135. The number of hydrogen-bond acceptors (Lipinski definition) is 2. The van der Waals surface area contributed by atoms with E-state index in [2.05, 4.69) is 53.4 Å². The van der Waals surface area contributed by atoms with E-state index in [1.807, 2.05) is 0 Å². The Morgan fingerprint density at radius 3 is 1.20 bits per heavy atom. The topological polar surface area (TPSA) is 40.5 Å². The predicted molar refractivity (Wildman–Crippen MR) is 157 cm³/mol. The number of carboxylic acids is 1. The molecule has 35 heavy (non-hydrogen) atoms. The number of unbranched alkanes of at least 4 members (excludes halogenated alkanes) is 10. The molecule has 0 fully saturated rings. The van der Waals surface area contributed by atoms with Crippen molar-refractivity contribution < 1.29 is 9.90 Å². The van der Waals surface area contributed by atoms with Crippen LogP contribution in [0.25, 0.3) is 0 Å². The second kappa shape index (κ2) is 28.0. The van der Waals surface area contributed by atoms with E-state index in [4.69, 9.17) is 5.11 Å². The number of nitrogens with zero attached hydrogens (tertiary/aromatic N) is 1. The molecule has 0 amide bonds. The molecule has 0 aromatic rings. The molecular weight excluding hydrogens is 430 g/mol. The highest BCUT2D eigenvalue weighted by Crippen LogP contribution is 2.13. The van der Waals surface area contributed by atoms with Gasteiger partial charge in [0.1, 0.15) is 0 Å². The minimum absolute atomic E-state index is 0.337. The van der Waals surface area contributed by atoms with Gasteiger partial charge in [-0.2, -0.15) is 0 Å². The van der Waals surface area contributed by atoms with Crippen LogP contribution in [0.4, 0.5) is 0 Å². The lowest BCUT2D eigenvalue weighted by atomic mass is 10.0. The minimum Gasteiger partial charge on any atom is -0.481 e. The third-order valence-corrected chi connectivity index (χ3v) is 6.76. The summed E-state index contributed by atoms with van der Waals surface area (Å²) in [6.45, 7) is 20.3. The SMILES string of the molecule is CC(C)CCCCCN(CCCCCC(C)C)CCCCCC(C)C.CCCCCCCC(=O)O. The van der Waals surface area contributed by atoms with Crippen LogP contribution in [0.2, 0.25) is 0 Å². The lowest BCUT2D eigenvalue weighted by molar-refractivity contribution is -0.137. The zero-order chi connectivity index (χ0) is 26.7. The maximum absolute atomic E-state index is 10.0. The minimum atomic E-state index is -0.670. The first kappa shape index (κ1) is 36.6. The van der Waals surface area contributed by atoms with Crippen molar-refractivity contribution in [1.82, 2.24) is 4.90 Å². The average molecular weight is 498 g/mol. The first-order valence-corrected chi connectivity index (χ1v) is 15.6. The molecule has 0 radical (unpaired) electrons. The standard InChI is InChI=1S/C24H51N.C8H16O2/c1-22(2)16-10-7-13-19-25(20-14-8-11-17-23(3)4)21-15-9-12-18-24(5)6;1-2-3-4-5-6-7-8(9)10/h22-24H,7-21H2,1-6H3;2-7H2,1H3,(H,9,10). The summed E-state index contributed by atoms with van der Waals surface area (Å²) in [5, 5.41) is 8.27. The van der Waals surface area contributed by atoms with Gasteiger partial charge in [0, 0.05) is 6.42 Å². The Morgan fingerprint density at radius 2 is 0.886 bits per heavy atom. The Bertz CT molecular complexity index is 377. The highest BCUT2D eigenvalue weighted by atomic mass is 16.4. The summed E-state index contributed by atoms with van der Waals surface area (Å²) in [7, 11) is 0. The molecule has 0 aromatic heterocycles. The van der Waals surface area contributed by atoms with Crippen LogP contribution in [0.15, 0.2) is 0 Å². The largest absolute Gasteiger partial charge is 0.481 e. The smallest absolute Gasteiger partial charge is 0.303 e. The molecule has 0 aliphatic heterocycles. The summed E-state index contributed by atoms with van der Waals surface area (Å²) < 4.78 is 0. The number of rotatable bonds is 24. The van der Waals surface area contributed by atoms with Gasteiger partial charge in [-0.1, -0.05) is 132 Å². The number of carboxylic acid groups (broad SMARTS) is 1. The van der Waals surface area contributed by atoms with E-state index in [0.29, 0.717) is 6.42 Å². The van der Waals surface area contributed by atoms with E-state index in [1.165, 1.54) is 116 Å². The van der Waals surface area contributed by atoms with E-state index < -0.39 is 5.97 Å². The Kier molecular flexibility index (Phi) is 29.3. The van der Waals surface area contributed by atoms with Gasteiger partial charge in [-0.15, -0.1) is 0 Å². The zero-order valence-electron chi connectivity index (χ0n) is 25.4. The maximum Gasteiger partial charge on any atom is 0.303 e. The fraction of sp³-hybridized carbons (Fsp3) is 0.969. The fourth-order valence-corrected chi connectivity index (χ4v) is 4.41. The molecule has 0 aromatic carbocycles. The lowest BCUT2D eigenvalue weighted by Gasteiger charge is -2.22. The van der Waals surface area contributed by atoms with Gasteiger partial charge in [-0.25, -0.2) is 0 Å². The van der Waals surface area contributed by atoms with Crippen LogP contribution in [0.1, 0.15) is 164 Å². The third kappa shape index (κ3) is 35.7. The van der Waals surface area contributed by atoms with Crippen molar-refractivity contribution in [3.05, 3.63) is 0 Å². The highest BCUT2D eigenvalue weighted by molar-refractivity contribution is 5.66. The summed E-state index contributed by atoms with van der Waals surface area (Å²) in [5.41, 5.74) is 0.